The van der Waals surface area contributed by atoms with E-state index in [9.17, 15) is 9.59 Å². The van der Waals surface area contributed by atoms with Gasteiger partial charge in [-0.3, -0.25) is 9.59 Å². The number of amides is 1. The first-order valence-electron chi connectivity index (χ1n) is 11.3. The van der Waals surface area contributed by atoms with Gasteiger partial charge in [0.15, 0.2) is 5.79 Å². The Balaban J connectivity index is 1.20. The maximum atomic E-state index is 13.0. The van der Waals surface area contributed by atoms with E-state index in [0.29, 0.717) is 31.3 Å². The molecule has 1 amide bonds. The van der Waals surface area contributed by atoms with Gasteiger partial charge in [0.25, 0.3) is 5.56 Å². The highest BCUT2D eigenvalue weighted by Crippen LogP contribution is 2.33. The number of carbonyl (C=O) groups excluding carboxylic acids is 1. The summed E-state index contributed by atoms with van der Waals surface area (Å²) >= 11 is 1.45. The van der Waals surface area contributed by atoms with E-state index in [-0.39, 0.29) is 17.4 Å². The molecule has 3 aliphatic rings. The van der Waals surface area contributed by atoms with Crippen molar-refractivity contribution < 1.29 is 14.3 Å². The lowest BCUT2D eigenvalue weighted by molar-refractivity contribution is -0.188. The molecule has 2 aromatic rings. The Morgan fingerprint density at radius 2 is 1.90 bits per heavy atom. The number of piperidine rings is 2. The average Bonchev–Trinajstić information content (AvgIpc) is 3.42. The predicted octanol–water partition coefficient (Wildman–Crippen LogP) is 1.69. The smallest absolute Gasteiger partial charge is 0.275 e. The Hall–Kier alpha value is -2.04. The number of hydrogen-bond donors (Lipinski definition) is 0. The van der Waals surface area contributed by atoms with E-state index in [0.717, 1.165) is 62.4 Å². The van der Waals surface area contributed by atoms with Crippen molar-refractivity contribution in [3.8, 4) is 0 Å². The molecule has 5 heterocycles. The Kier molecular flexibility index (Phi) is 5.70. The van der Waals surface area contributed by atoms with Crippen molar-refractivity contribution in [3.63, 3.8) is 0 Å². The van der Waals surface area contributed by atoms with Crippen LogP contribution in [0.2, 0.25) is 0 Å². The average molecular weight is 448 g/mol. The number of aryl methyl sites for hydroxylation is 1. The topological polar surface area (TPSA) is 89.3 Å². The minimum atomic E-state index is -0.448. The van der Waals surface area contributed by atoms with E-state index >= 15 is 0 Å². The minimum absolute atomic E-state index is 0.0436. The summed E-state index contributed by atoms with van der Waals surface area (Å²) in [6.45, 7) is 6.30. The first-order chi connectivity index (χ1) is 15.1. The molecule has 0 aromatic carbocycles. The van der Waals surface area contributed by atoms with Crippen LogP contribution in [0.15, 0.2) is 10.9 Å². The van der Waals surface area contributed by atoms with Gasteiger partial charge in [0.05, 0.1) is 13.2 Å². The Labute approximate surface area is 184 Å². The van der Waals surface area contributed by atoms with Crippen molar-refractivity contribution in [2.75, 3.05) is 44.3 Å². The highest BCUT2D eigenvalue weighted by Gasteiger charge is 2.42. The van der Waals surface area contributed by atoms with Crippen LogP contribution < -0.4 is 10.5 Å². The van der Waals surface area contributed by atoms with E-state index in [1.54, 1.807) is 6.07 Å². The van der Waals surface area contributed by atoms with Gasteiger partial charge in [-0.1, -0.05) is 24.7 Å². The third-order valence-corrected chi connectivity index (χ3v) is 7.53. The molecule has 3 saturated heterocycles. The summed E-state index contributed by atoms with van der Waals surface area (Å²) in [7, 11) is 0. The van der Waals surface area contributed by atoms with Crippen LogP contribution in [0.1, 0.15) is 44.7 Å². The zero-order chi connectivity index (χ0) is 21.4. The molecule has 3 aliphatic heterocycles. The van der Waals surface area contributed by atoms with Crippen LogP contribution in [-0.4, -0.2) is 70.6 Å². The van der Waals surface area contributed by atoms with Crippen molar-refractivity contribution >= 4 is 27.3 Å². The molecule has 9 nitrogen and oxygen atoms in total. The highest BCUT2D eigenvalue weighted by atomic mass is 32.1. The SMILES string of the molecule is CCCc1cc(=O)n2nc(N3CCC(C(=O)N4CCC5(CC4)OCCO5)CC3)sc2n1. The second kappa shape index (κ2) is 8.48. The lowest BCUT2D eigenvalue weighted by atomic mass is 9.94. The van der Waals surface area contributed by atoms with Gasteiger partial charge in [-0.25, -0.2) is 4.98 Å². The van der Waals surface area contributed by atoms with Crippen LogP contribution in [0.3, 0.4) is 0 Å². The number of aromatic nitrogens is 3. The number of hydrogen-bond acceptors (Lipinski definition) is 8. The lowest BCUT2D eigenvalue weighted by Crippen LogP contribution is -2.50. The van der Waals surface area contributed by atoms with Gasteiger partial charge < -0.3 is 19.3 Å². The monoisotopic (exact) mass is 447 g/mol. The number of nitrogens with zero attached hydrogens (tertiary/aromatic N) is 5. The van der Waals surface area contributed by atoms with Crippen LogP contribution in [0.25, 0.3) is 4.96 Å². The van der Waals surface area contributed by atoms with E-state index < -0.39 is 5.79 Å². The highest BCUT2D eigenvalue weighted by molar-refractivity contribution is 7.20. The maximum absolute atomic E-state index is 13.0. The number of rotatable bonds is 4. The van der Waals surface area contributed by atoms with E-state index in [1.165, 1.54) is 15.9 Å². The molecule has 0 aliphatic carbocycles. The minimum Gasteiger partial charge on any atom is -0.347 e. The van der Waals surface area contributed by atoms with E-state index in [1.807, 2.05) is 4.90 Å². The zero-order valence-electron chi connectivity index (χ0n) is 17.9. The van der Waals surface area contributed by atoms with Crippen molar-refractivity contribution in [3.05, 3.63) is 22.1 Å². The van der Waals surface area contributed by atoms with E-state index in [4.69, 9.17) is 9.47 Å². The van der Waals surface area contributed by atoms with Crippen LogP contribution in [-0.2, 0) is 20.7 Å². The quantitative estimate of drug-likeness (QED) is 0.705. The van der Waals surface area contributed by atoms with E-state index in [2.05, 4.69) is 21.9 Å². The van der Waals surface area contributed by atoms with Crippen molar-refractivity contribution in [2.24, 2.45) is 5.92 Å². The third kappa shape index (κ3) is 4.08. The molecule has 10 heteroatoms. The third-order valence-electron chi connectivity index (χ3n) is 6.56. The molecular formula is C21H29N5O4S. The molecule has 0 saturated carbocycles. The molecule has 0 radical (unpaired) electrons. The van der Waals surface area contributed by atoms with Crippen LogP contribution in [0, 0.1) is 5.92 Å². The van der Waals surface area contributed by atoms with Crippen LogP contribution in [0.4, 0.5) is 5.13 Å². The zero-order valence-corrected chi connectivity index (χ0v) is 18.7. The molecule has 31 heavy (non-hydrogen) atoms. The lowest BCUT2D eigenvalue weighted by Gasteiger charge is -2.40. The fourth-order valence-electron chi connectivity index (χ4n) is 4.79. The standard InChI is InChI=1S/C21H29N5O4S/c1-2-3-16-14-17(27)26-19(22-16)31-20(23-26)25-8-4-15(5-9-25)18(28)24-10-6-21(7-11-24)29-12-13-30-21/h14-15H,2-13H2,1H3. The molecule has 1 spiro atoms. The molecule has 0 unspecified atom stereocenters. The summed E-state index contributed by atoms with van der Waals surface area (Å²) in [5.41, 5.74) is 0.697. The summed E-state index contributed by atoms with van der Waals surface area (Å²) in [5.74, 6) is -0.156. The summed E-state index contributed by atoms with van der Waals surface area (Å²) < 4.78 is 12.9. The summed E-state index contributed by atoms with van der Waals surface area (Å²) in [4.78, 5) is 34.8. The molecule has 3 fully saturated rings. The number of anilines is 1. The number of fused-ring (bicyclic) bond motifs is 1. The second-order valence-corrected chi connectivity index (χ2v) is 9.54. The number of likely N-dealkylation sites (tertiary alicyclic amines) is 1. The molecule has 0 bridgehead atoms. The second-order valence-electron chi connectivity index (χ2n) is 8.61. The van der Waals surface area contributed by atoms with Gasteiger partial charge in [0, 0.05) is 56.7 Å². The number of carbonyl (C=O) groups is 1. The van der Waals surface area contributed by atoms with Crippen LogP contribution >= 0.6 is 11.3 Å². The molecule has 168 valence electrons. The molecule has 5 rings (SSSR count). The summed E-state index contributed by atoms with van der Waals surface area (Å²) in [6.07, 6.45) is 4.85. The predicted molar refractivity (Wildman–Crippen MR) is 117 cm³/mol. The van der Waals surface area contributed by atoms with Gasteiger partial charge in [-0.05, 0) is 19.3 Å². The maximum Gasteiger partial charge on any atom is 0.275 e. The largest absolute Gasteiger partial charge is 0.347 e. The molecular weight excluding hydrogens is 418 g/mol. The Bertz CT molecular complexity index is 997. The van der Waals surface area contributed by atoms with Gasteiger partial charge >= 0.3 is 0 Å². The van der Waals surface area contributed by atoms with Crippen molar-refractivity contribution in [1.82, 2.24) is 19.5 Å². The van der Waals surface area contributed by atoms with Gasteiger partial charge in [-0.2, -0.15) is 4.52 Å². The van der Waals surface area contributed by atoms with Gasteiger partial charge in [-0.15, -0.1) is 5.10 Å². The fraction of sp³-hybridized carbons (Fsp3) is 0.714. The Morgan fingerprint density at radius 3 is 2.58 bits per heavy atom. The number of ether oxygens (including phenoxy) is 2. The first kappa shape index (κ1) is 20.8. The molecule has 2 aromatic heterocycles. The van der Waals surface area contributed by atoms with Crippen LogP contribution in [0.5, 0.6) is 0 Å². The summed E-state index contributed by atoms with van der Waals surface area (Å²) in [6, 6.07) is 1.58. The summed E-state index contributed by atoms with van der Waals surface area (Å²) in [5, 5.41) is 5.31. The first-order valence-corrected chi connectivity index (χ1v) is 12.1. The molecule has 0 atom stereocenters. The van der Waals surface area contributed by atoms with Crippen molar-refractivity contribution in [1.29, 1.82) is 0 Å². The Morgan fingerprint density at radius 1 is 1.19 bits per heavy atom. The fourth-order valence-corrected chi connectivity index (χ4v) is 5.77. The van der Waals surface area contributed by atoms with Crippen molar-refractivity contribution in [2.45, 2.75) is 51.2 Å². The molecule has 0 N–H and O–H groups in total. The normalized spacial score (nSPS) is 22.0. The van der Waals surface area contributed by atoms with Gasteiger partial charge in [0.1, 0.15) is 0 Å². The van der Waals surface area contributed by atoms with Gasteiger partial charge in [0.2, 0.25) is 16.0 Å².